The van der Waals surface area contributed by atoms with E-state index in [9.17, 15) is 0 Å². The van der Waals surface area contributed by atoms with Crippen LogP contribution in [0.4, 0.5) is 5.69 Å². The van der Waals surface area contributed by atoms with Gasteiger partial charge in [-0.25, -0.2) is 0 Å². The fourth-order valence-corrected chi connectivity index (χ4v) is 9.46. The first kappa shape index (κ1) is 30.0. The highest BCUT2D eigenvalue weighted by molar-refractivity contribution is 7.13. The number of para-hydroxylation sites is 3. The highest BCUT2D eigenvalue weighted by Gasteiger charge is 2.24. The molecule has 246 valence electrons. The number of allylic oxidation sites excluding steroid dienone is 1. The molecular weight excluding hydrogens is 641 g/mol. The predicted molar refractivity (Wildman–Crippen MR) is 217 cm³/mol. The standard InChI is InChI=1S/C46H36N4S/c47-44-36-19-9-12-22-43(36)51-46(44)45(30-13-3-1-4-14-30)48-29-49-39-20-10-7-17-34(39)37-27-31(23-25-40(37)49)32-24-26-42-38(28-32)35-18-8-11-21-41(35)50(42)33-15-5-2-6-16-33/h1-11,13-21,23-28,45,48H,12,22,29,47H2. The van der Waals surface area contributed by atoms with E-state index in [1.54, 1.807) is 0 Å². The quantitative estimate of drug-likeness (QED) is 0.176. The summed E-state index contributed by atoms with van der Waals surface area (Å²) in [5.41, 5.74) is 18.7. The summed E-state index contributed by atoms with van der Waals surface area (Å²) in [5, 5.41) is 8.99. The summed E-state index contributed by atoms with van der Waals surface area (Å²) in [7, 11) is 0. The molecule has 0 aliphatic heterocycles. The third kappa shape index (κ3) is 4.92. The highest BCUT2D eigenvalue weighted by atomic mass is 32.1. The van der Waals surface area contributed by atoms with Crippen LogP contribution in [0.25, 0.3) is 66.5 Å². The Hall–Kier alpha value is -5.88. The molecule has 1 unspecified atom stereocenters. The van der Waals surface area contributed by atoms with Gasteiger partial charge in [0.25, 0.3) is 0 Å². The van der Waals surface area contributed by atoms with Crippen LogP contribution in [-0.2, 0) is 13.1 Å². The van der Waals surface area contributed by atoms with Crippen molar-refractivity contribution in [3.8, 4) is 16.8 Å². The lowest BCUT2D eigenvalue weighted by molar-refractivity contribution is 0.532. The zero-order chi connectivity index (χ0) is 33.9. The van der Waals surface area contributed by atoms with Crippen LogP contribution >= 0.6 is 11.3 Å². The SMILES string of the molecule is Nc1c(C(NCn2c3ccccc3c3cc(-c4ccc5c(c4)c4ccccc4n5-c4ccccc4)ccc32)c2ccccc2)sc2c1C=CCC2. The van der Waals surface area contributed by atoms with Gasteiger partial charge in [0.15, 0.2) is 0 Å². The number of nitrogens with one attached hydrogen (secondary N) is 1. The van der Waals surface area contributed by atoms with Gasteiger partial charge in [-0.2, -0.15) is 0 Å². The van der Waals surface area contributed by atoms with Crippen LogP contribution in [0.5, 0.6) is 0 Å². The van der Waals surface area contributed by atoms with Gasteiger partial charge in [-0.3, -0.25) is 5.32 Å². The molecule has 0 radical (unpaired) electrons. The third-order valence-corrected chi connectivity index (χ3v) is 11.9. The number of benzene rings is 6. The second kappa shape index (κ2) is 12.2. The number of nitrogens with two attached hydrogens (primary N) is 1. The molecule has 1 atom stereocenters. The number of nitrogens with zero attached hydrogens (tertiary/aromatic N) is 2. The molecule has 10 rings (SSSR count). The van der Waals surface area contributed by atoms with Crippen LogP contribution in [0.3, 0.4) is 0 Å². The minimum Gasteiger partial charge on any atom is -0.397 e. The van der Waals surface area contributed by atoms with Crippen LogP contribution in [-0.4, -0.2) is 9.13 Å². The van der Waals surface area contributed by atoms with E-state index in [2.05, 4.69) is 172 Å². The molecule has 9 aromatic rings. The average Bonchev–Trinajstić information content (AvgIpc) is 3.82. The summed E-state index contributed by atoms with van der Waals surface area (Å²) in [6, 6.07) is 52.7. The van der Waals surface area contributed by atoms with E-state index in [0.29, 0.717) is 6.67 Å². The maximum atomic E-state index is 6.87. The number of hydrogen-bond acceptors (Lipinski definition) is 3. The lowest BCUT2D eigenvalue weighted by atomic mass is 10.0. The van der Waals surface area contributed by atoms with Gasteiger partial charge in [-0.15, -0.1) is 11.3 Å². The highest BCUT2D eigenvalue weighted by Crippen LogP contribution is 2.42. The molecular formula is C46H36N4S. The van der Waals surface area contributed by atoms with Gasteiger partial charge in [0.05, 0.1) is 40.5 Å². The van der Waals surface area contributed by atoms with Crippen molar-refractivity contribution < 1.29 is 0 Å². The Morgan fingerprint density at radius 1 is 0.627 bits per heavy atom. The fraction of sp³-hybridized carbons (Fsp3) is 0.0870. The van der Waals surface area contributed by atoms with Crippen LogP contribution in [0.1, 0.15) is 33.3 Å². The number of aromatic nitrogens is 2. The van der Waals surface area contributed by atoms with Crippen LogP contribution in [0, 0.1) is 0 Å². The maximum Gasteiger partial charge on any atom is 0.0739 e. The van der Waals surface area contributed by atoms with Gasteiger partial charge in [-0.1, -0.05) is 109 Å². The van der Waals surface area contributed by atoms with Crippen molar-refractivity contribution in [2.75, 3.05) is 5.73 Å². The van der Waals surface area contributed by atoms with E-state index in [-0.39, 0.29) is 6.04 Å². The number of anilines is 1. The fourth-order valence-electron chi connectivity index (χ4n) is 8.13. The van der Waals surface area contributed by atoms with Crippen LogP contribution in [0.15, 0.2) is 152 Å². The third-order valence-electron chi connectivity index (χ3n) is 10.6. The molecule has 3 aromatic heterocycles. The normalized spacial score (nSPS) is 13.4. The Morgan fingerprint density at radius 3 is 1.96 bits per heavy atom. The van der Waals surface area contributed by atoms with E-state index in [4.69, 9.17) is 5.73 Å². The van der Waals surface area contributed by atoms with Crippen LogP contribution in [0.2, 0.25) is 0 Å². The number of thiophene rings is 1. The summed E-state index contributed by atoms with van der Waals surface area (Å²) < 4.78 is 4.79. The van der Waals surface area contributed by atoms with Crippen molar-refractivity contribution >= 4 is 66.7 Å². The second-order valence-electron chi connectivity index (χ2n) is 13.5. The van der Waals surface area contributed by atoms with Crippen molar-refractivity contribution in [2.45, 2.75) is 25.6 Å². The molecule has 3 heterocycles. The second-order valence-corrected chi connectivity index (χ2v) is 14.6. The van der Waals surface area contributed by atoms with Gasteiger partial charge in [0.1, 0.15) is 0 Å². The predicted octanol–water partition coefficient (Wildman–Crippen LogP) is 11.5. The molecule has 0 fully saturated rings. The number of hydrogen-bond donors (Lipinski definition) is 2. The van der Waals surface area contributed by atoms with Crippen LogP contribution < -0.4 is 11.1 Å². The molecule has 3 N–H and O–H groups in total. The topological polar surface area (TPSA) is 47.9 Å². The molecule has 4 nitrogen and oxygen atoms in total. The molecule has 0 spiro atoms. The van der Waals surface area contributed by atoms with Gasteiger partial charge in [0.2, 0.25) is 0 Å². The van der Waals surface area contributed by atoms with Crippen molar-refractivity contribution in [1.82, 2.24) is 14.5 Å². The van der Waals surface area contributed by atoms with E-state index in [1.165, 1.54) is 81.3 Å². The Morgan fingerprint density at radius 2 is 1.22 bits per heavy atom. The molecule has 6 aromatic carbocycles. The van der Waals surface area contributed by atoms with E-state index in [0.717, 1.165) is 18.5 Å². The Labute approximate surface area is 300 Å². The Balaban J connectivity index is 1.06. The van der Waals surface area contributed by atoms with Crippen molar-refractivity contribution in [2.24, 2.45) is 0 Å². The number of nitrogen functional groups attached to an aromatic ring is 1. The molecule has 51 heavy (non-hydrogen) atoms. The minimum absolute atomic E-state index is 0.0181. The van der Waals surface area contributed by atoms with E-state index in [1.807, 2.05) is 11.3 Å². The molecule has 0 saturated heterocycles. The number of aryl methyl sites for hydroxylation is 1. The Bertz CT molecular complexity index is 2770. The lowest BCUT2D eigenvalue weighted by Crippen LogP contribution is -2.25. The molecule has 1 aliphatic carbocycles. The first-order valence-corrected chi connectivity index (χ1v) is 18.5. The van der Waals surface area contributed by atoms with Gasteiger partial charge in [-0.05, 0) is 78.1 Å². The summed E-state index contributed by atoms with van der Waals surface area (Å²) in [5.74, 6) is 0. The van der Waals surface area contributed by atoms with Crippen molar-refractivity contribution in [3.05, 3.63) is 173 Å². The van der Waals surface area contributed by atoms with E-state index >= 15 is 0 Å². The average molecular weight is 677 g/mol. The first-order valence-electron chi connectivity index (χ1n) is 17.7. The zero-order valence-electron chi connectivity index (χ0n) is 28.1. The Kier molecular flexibility index (Phi) is 7.15. The maximum absolute atomic E-state index is 6.87. The van der Waals surface area contributed by atoms with E-state index < -0.39 is 0 Å². The molecule has 5 heteroatoms. The monoisotopic (exact) mass is 676 g/mol. The van der Waals surface area contributed by atoms with Crippen molar-refractivity contribution in [1.29, 1.82) is 0 Å². The summed E-state index contributed by atoms with van der Waals surface area (Å²) in [4.78, 5) is 2.59. The number of rotatable bonds is 7. The molecule has 0 saturated carbocycles. The van der Waals surface area contributed by atoms with Gasteiger partial charge >= 0.3 is 0 Å². The largest absolute Gasteiger partial charge is 0.397 e. The van der Waals surface area contributed by atoms with Crippen molar-refractivity contribution in [3.63, 3.8) is 0 Å². The summed E-state index contributed by atoms with van der Waals surface area (Å²) in [6.45, 7) is 0.645. The zero-order valence-corrected chi connectivity index (χ0v) is 28.9. The summed E-state index contributed by atoms with van der Waals surface area (Å²) >= 11 is 1.86. The molecule has 1 aliphatic rings. The molecule has 0 bridgehead atoms. The smallest absolute Gasteiger partial charge is 0.0739 e. The lowest BCUT2D eigenvalue weighted by Gasteiger charge is -2.21. The number of fused-ring (bicyclic) bond motifs is 7. The summed E-state index contributed by atoms with van der Waals surface area (Å²) in [6.07, 6.45) is 6.58. The molecule has 0 amide bonds. The van der Waals surface area contributed by atoms with Gasteiger partial charge < -0.3 is 14.9 Å². The minimum atomic E-state index is -0.0181. The first-order chi connectivity index (χ1) is 25.2. The van der Waals surface area contributed by atoms with Gasteiger partial charge in [0, 0.05) is 42.6 Å².